The number of aromatic nitrogens is 4. The van der Waals surface area contributed by atoms with Gasteiger partial charge >= 0.3 is 6.09 Å². The second-order valence-corrected chi connectivity index (χ2v) is 6.49. The molecule has 134 valence electrons. The molecule has 0 aliphatic heterocycles. The molecule has 1 aromatic carbocycles. The Balaban J connectivity index is 1.71. The van der Waals surface area contributed by atoms with Crippen LogP contribution in [0.1, 0.15) is 20.8 Å². The Bertz CT molecular complexity index is 888. The Hall–Kier alpha value is -3.42. The van der Waals surface area contributed by atoms with Gasteiger partial charge in [-0.15, -0.1) is 0 Å². The number of carbonyl (C=O) groups excluding carboxylic acids is 1. The summed E-state index contributed by atoms with van der Waals surface area (Å²) in [4.78, 5) is 20.2. The minimum atomic E-state index is -0.567. The zero-order valence-electron chi connectivity index (χ0n) is 14.7. The summed E-state index contributed by atoms with van der Waals surface area (Å²) in [6, 6.07) is 8.66. The van der Waals surface area contributed by atoms with Gasteiger partial charge in [-0.05, 0) is 32.9 Å². The van der Waals surface area contributed by atoms with E-state index in [0.29, 0.717) is 23.0 Å². The van der Waals surface area contributed by atoms with Crippen LogP contribution in [0.3, 0.4) is 0 Å². The zero-order valence-corrected chi connectivity index (χ0v) is 14.7. The third kappa shape index (κ3) is 4.79. The molecule has 1 amide bonds. The van der Waals surface area contributed by atoms with Gasteiger partial charge in [-0.3, -0.25) is 10.4 Å². The largest absolute Gasteiger partial charge is 0.444 e. The summed E-state index contributed by atoms with van der Waals surface area (Å²) >= 11 is 0. The lowest BCUT2D eigenvalue weighted by molar-refractivity contribution is 0.0636. The van der Waals surface area contributed by atoms with E-state index in [9.17, 15) is 4.79 Å². The van der Waals surface area contributed by atoms with E-state index in [4.69, 9.17) is 9.47 Å². The van der Waals surface area contributed by atoms with Gasteiger partial charge in [-0.1, -0.05) is 6.07 Å². The summed E-state index contributed by atoms with van der Waals surface area (Å²) in [6.07, 6.45) is 4.29. The molecule has 8 nitrogen and oxygen atoms in total. The van der Waals surface area contributed by atoms with Gasteiger partial charge in [-0.25, -0.2) is 14.8 Å². The van der Waals surface area contributed by atoms with Crippen molar-refractivity contribution in [2.75, 3.05) is 5.32 Å². The fraction of sp³-hybridized carbons (Fsp3) is 0.222. The standard InChI is InChI=1S/C18H19N5O3/c1-18(2,3)26-17(24)23-13-5-4-6-14(7-13)25-16-8-15(19-11-20-16)12-9-21-22-10-12/h4-11H,1-3H3,(H,21,22)(H,23,24). The maximum atomic E-state index is 11.9. The van der Waals surface area contributed by atoms with E-state index < -0.39 is 11.7 Å². The van der Waals surface area contributed by atoms with E-state index in [-0.39, 0.29) is 0 Å². The number of ether oxygens (including phenoxy) is 2. The second-order valence-electron chi connectivity index (χ2n) is 6.49. The molecule has 0 saturated carbocycles. The maximum Gasteiger partial charge on any atom is 0.412 e. The SMILES string of the molecule is CC(C)(C)OC(=O)Nc1cccc(Oc2cc(-c3cn[nH]c3)ncn2)c1. The van der Waals surface area contributed by atoms with Crippen molar-refractivity contribution in [3.63, 3.8) is 0 Å². The van der Waals surface area contributed by atoms with Crippen LogP contribution < -0.4 is 10.1 Å². The molecule has 2 heterocycles. The normalized spacial score (nSPS) is 11.0. The molecule has 0 aliphatic carbocycles. The van der Waals surface area contributed by atoms with Crippen molar-refractivity contribution in [1.82, 2.24) is 20.2 Å². The molecule has 0 aliphatic rings. The molecule has 0 spiro atoms. The van der Waals surface area contributed by atoms with Gasteiger partial charge in [0.25, 0.3) is 0 Å². The number of hydrogen-bond donors (Lipinski definition) is 2. The van der Waals surface area contributed by atoms with Crippen molar-refractivity contribution in [1.29, 1.82) is 0 Å². The zero-order chi connectivity index (χ0) is 18.6. The lowest BCUT2D eigenvalue weighted by Crippen LogP contribution is -2.27. The van der Waals surface area contributed by atoms with Crippen LogP contribution in [0.4, 0.5) is 10.5 Å². The smallest absolute Gasteiger partial charge is 0.412 e. The van der Waals surface area contributed by atoms with Crippen LogP contribution in [0.5, 0.6) is 11.6 Å². The number of carbonyl (C=O) groups is 1. The van der Waals surface area contributed by atoms with Crippen molar-refractivity contribution in [3.05, 3.63) is 49.1 Å². The quantitative estimate of drug-likeness (QED) is 0.735. The first kappa shape index (κ1) is 17.4. The fourth-order valence-electron chi connectivity index (χ4n) is 2.12. The second kappa shape index (κ2) is 7.22. The topological polar surface area (TPSA) is 102 Å². The van der Waals surface area contributed by atoms with E-state index in [1.807, 2.05) is 0 Å². The molecule has 0 radical (unpaired) electrons. The summed E-state index contributed by atoms with van der Waals surface area (Å²) in [5.74, 6) is 0.904. The minimum absolute atomic E-state index is 0.380. The van der Waals surface area contributed by atoms with Gasteiger partial charge in [-0.2, -0.15) is 5.10 Å². The first-order valence-electron chi connectivity index (χ1n) is 7.98. The number of rotatable bonds is 4. The van der Waals surface area contributed by atoms with Crippen LogP contribution in [-0.2, 0) is 4.74 Å². The summed E-state index contributed by atoms with van der Waals surface area (Å²) in [5.41, 5.74) is 1.51. The maximum absolute atomic E-state index is 11.9. The molecule has 0 fully saturated rings. The summed E-state index contributed by atoms with van der Waals surface area (Å²) in [6.45, 7) is 5.41. The number of aromatic amines is 1. The molecular formula is C18H19N5O3. The summed E-state index contributed by atoms with van der Waals surface area (Å²) < 4.78 is 11.0. The van der Waals surface area contributed by atoms with E-state index in [1.54, 1.807) is 63.5 Å². The third-order valence-electron chi connectivity index (χ3n) is 3.14. The van der Waals surface area contributed by atoms with Crippen LogP contribution in [0, 0.1) is 0 Å². The highest BCUT2D eigenvalue weighted by Crippen LogP contribution is 2.25. The van der Waals surface area contributed by atoms with Crippen LogP contribution >= 0.6 is 0 Å². The van der Waals surface area contributed by atoms with Gasteiger partial charge in [0.05, 0.1) is 11.9 Å². The lowest BCUT2D eigenvalue weighted by atomic mass is 10.2. The summed E-state index contributed by atoms with van der Waals surface area (Å²) in [5, 5.41) is 9.31. The third-order valence-corrected chi connectivity index (χ3v) is 3.14. The molecule has 0 atom stereocenters. The molecule has 0 saturated heterocycles. The van der Waals surface area contributed by atoms with Gasteiger partial charge in [0.15, 0.2) is 0 Å². The number of amides is 1. The van der Waals surface area contributed by atoms with Crippen LogP contribution in [-0.4, -0.2) is 31.9 Å². The Labute approximate surface area is 150 Å². The fourth-order valence-corrected chi connectivity index (χ4v) is 2.12. The van der Waals surface area contributed by atoms with E-state index in [0.717, 1.165) is 5.56 Å². The van der Waals surface area contributed by atoms with Crippen LogP contribution in [0.25, 0.3) is 11.3 Å². The molecule has 3 aromatic rings. The molecule has 0 unspecified atom stereocenters. The van der Waals surface area contributed by atoms with Crippen LogP contribution in [0.2, 0.25) is 0 Å². The summed E-state index contributed by atoms with van der Waals surface area (Å²) in [7, 11) is 0. The van der Waals surface area contributed by atoms with Gasteiger partial charge in [0.1, 0.15) is 17.7 Å². The average molecular weight is 353 g/mol. The number of H-pyrrole nitrogens is 1. The molecule has 8 heteroatoms. The Kier molecular flexibility index (Phi) is 4.83. The first-order valence-corrected chi connectivity index (χ1v) is 7.98. The average Bonchev–Trinajstić information content (AvgIpc) is 3.08. The Morgan fingerprint density at radius 3 is 2.77 bits per heavy atom. The van der Waals surface area contributed by atoms with Crippen molar-refractivity contribution in [3.8, 4) is 22.9 Å². The van der Waals surface area contributed by atoms with Crippen molar-refractivity contribution in [2.24, 2.45) is 0 Å². The molecule has 0 bridgehead atoms. The van der Waals surface area contributed by atoms with Crippen molar-refractivity contribution in [2.45, 2.75) is 26.4 Å². The van der Waals surface area contributed by atoms with E-state index >= 15 is 0 Å². The number of benzene rings is 1. The number of hydrogen-bond acceptors (Lipinski definition) is 6. The molecule has 2 N–H and O–H groups in total. The molecular weight excluding hydrogens is 334 g/mol. The molecule has 2 aromatic heterocycles. The highest BCUT2D eigenvalue weighted by molar-refractivity contribution is 5.85. The van der Waals surface area contributed by atoms with Gasteiger partial charge < -0.3 is 9.47 Å². The number of nitrogens with one attached hydrogen (secondary N) is 2. The predicted octanol–water partition coefficient (Wildman–Crippen LogP) is 4.01. The highest BCUT2D eigenvalue weighted by atomic mass is 16.6. The van der Waals surface area contributed by atoms with E-state index in [2.05, 4.69) is 25.5 Å². The van der Waals surface area contributed by atoms with Gasteiger partial charge in [0, 0.05) is 29.6 Å². The number of anilines is 1. The Morgan fingerprint density at radius 2 is 2.04 bits per heavy atom. The van der Waals surface area contributed by atoms with Gasteiger partial charge in [0.2, 0.25) is 5.88 Å². The monoisotopic (exact) mass is 353 g/mol. The molecule has 3 rings (SSSR count). The van der Waals surface area contributed by atoms with Crippen molar-refractivity contribution >= 4 is 11.8 Å². The lowest BCUT2D eigenvalue weighted by Gasteiger charge is -2.19. The minimum Gasteiger partial charge on any atom is -0.444 e. The predicted molar refractivity (Wildman–Crippen MR) is 96.0 cm³/mol. The highest BCUT2D eigenvalue weighted by Gasteiger charge is 2.16. The van der Waals surface area contributed by atoms with Crippen LogP contribution in [0.15, 0.2) is 49.1 Å². The molecule has 26 heavy (non-hydrogen) atoms. The first-order chi connectivity index (χ1) is 12.4. The number of nitrogens with zero attached hydrogens (tertiary/aromatic N) is 3. The van der Waals surface area contributed by atoms with Crippen molar-refractivity contribution < 1.29 is 14.3 Å². The Morgan fingerprint density at radius 1 is 1.19 bits per heavy atom. The van der Waals surface area contributed by atoms with E-state index in [1.165, 1.54) is 6.33 Å².